The number of allylic oxidation sites excluding steroid dienone is 1. The van der Waals surface area contributed by atoms with E-state index in [1.54, 1.807) is 18.2 Å². The molecule has 1 heterocycles. The Balaban J connectivity index is 1.49. The van der Waals surface area contributed by atoms with E-state index in [0.29, 0.717) is 16.9 Å². The number of nitrogens with one attached hydrogen (secondary N) is 1. The van der Waals surface area contributed by atoms with Crippen LogP contribution in [0.4, 0.5) is 9.18 Å². The first-order chi connectivity index (χ1) is 14.0. The van der Waals surface area contributed by atoms with Gasteiger partial charge in [-0.3, -0.25) is 19.3 Å². The van der Waals surface area contributed by atoms with Crippen LogP contribution in [-0.4, -0.2) is 53.2 Å². The molecule has 1 aliphatic heterocycles. The molecule has 0 atom stereocenters. The summed E-state index contributed by atoms with van der Waals surface area (Å²) in [5.74, 6) is -2.82. The third kappa shape index (κ3) is 5.07. The zero-order valence-electron chi connectivity index (χ0n) is 16.2. The number of urea groups is 1. The summed E-state index contributed by atoms with van der Waals surface area (Å²) in [5.41, 5.74) is 1.65. The van der Waals surface area contributed by atoms with Gasteiger partial charge < -0.3 is 5.32 Å². The number of carbonyl (C=O) groups excluding carboxylic acids is 4. The standard InChI is InChI=1S/C21H24FN3O4/c22-17-9-5-4-8-16(17)10-12-23-18(26)14-25-20(28)19(27)24(21(25)29)13-11-15-6-2-1-3-7-15/h4-6,8-9H,1-3,7,10-14H2,(H,23,26). The van der Waals surface area contributed by atoms with Crippen LogP contribution >= 0.6 is 0 Å². The highest BCUT2D eigenvalue weighted by atomic mass is 19.1. The Hall–Kier alpha value is -3.03. The monoisotopic (exact) mass is 401 g/mol. The summed E-state index contributed by atoms with van der Waals surface area (Å²) in [6.07, 6.45) is 7.12. The average Bonchev–Trinajstić information content (AvgIpc) is 2.92. The number of carbonyl (C=O) groups is 4. The van der Waals surface area contributed by atoms with Crippen LogP contribution < -0.4 is 5.32 Å². The first kappa shape index (κ1) is 20.7. The van der Waals surface area contributed by atoms with Gasteiger partial charge in [0.15, 0.2) is 0 Å². The molecule has 1 saturated heterocycles. The summed E-state index contributed by atoms with van der Waals surface area (Å²) >= 11 is 0. The van der Waals surface area contributed by atoms with Crippen molar-refractivity contribution < 1.29 is 23.6 Å². The minimum Gasteiger partial charge on any atom is -0.354 e. The van der Waals surface area contributed by atoms with E-state index in [1.165, 1.54) is 11.6 Å². The van der Waals surface area contributed by atoms with Crippen molar-refractivity contribution in [3.63, 3.8) is 0 Å². The maximum Gasteiger partial charge on any atom is 0.334 e. The summed E-state index contributed by atoms with van der Waals surface area (Å²) in [5, 5.41) is 2.55. The van der Waals surface area contributed by atoms with Crippen molar-refractivity contribution in [2.45, 2.75) is 38.5 Å². The molecule has 2 aliphatic rings. The predicted octanol–water partition coefficient (Wildman–Crippen LogP) is 2.17. The van der Waals surface area contributed by atoms with Crippen LogP contribution in [0, 0.1) is 5.82 Å². The number of imide groups is 2. The SMILES string of the molecule is O=C(CN1C(=O)C(=O)N(CCC2=CCCCC2)C1=O)NCCc1ccccc1F. The number of nitrogens with zero attached hydrogens (tertiary/aromatic N) is 2. The Morgan fingerprint density at radius 1 is 1.03 bits per heavy atom. The summed E-state index contributed by atoms with van der Waals surface area (Å²) in [6.45, 7) is -0.234. The van der Waals surface area contributed by atoms with Gasteiger partial charge in [0.1, 0.15) is 12.4 Å². The maximum absolute atomic E-state index is 13.6. The minimum atomic E-state index is -0.989. The van der Waals surface area contributed by atoms with Gasteiger partial charge in [0.25, 0.3) is 0 Å². The van der Waals surface area contributed by atoms with Crippen molar-refractivity contribution in [1.29, 1.82) is 0 Å². The summed E-state index contributed by atoms with van der Waals surface area (Å²) in [6, 6.07) is 5.47. The molecule has 1 N–H and O–H groups in total. The molecule has 1 aliphatic carbocycles. The molecule has 0 aromatic heterocycles. The molecule has 1 fully saturated rings. The third-order valence-electron chi connectivity index (χ3n) is 5.15. The zero-order valence-corrected chi connectivity index (χ0v) is 16.2. The van der Waals surface area contributed by atoms with E-state index in [0.717, 1.165) is 30.6 Å². The molecule has 0 spiro atoms. The summed E-state index contributed by atoms with van der Waals surface area (Å²) in [7, 11) is 0. The lowest BCUT2D eigenvalue weighted by molar-refractivity contribution is -0.144. The smallest absolute Gasteiger partial charge is 0.334 e. The van der Waals surface area contributed by atoms with Gasteiger partial charge in [-0.1, -0.05) is 29.8 Å². The lowest BCUT2D eigenvalue weighted by atomic mass is 9.97. The maximum atomic E-state index is 13.6. The van der Waals surface area contributed by atoms with Crippen molar-refractivity contribution in [3.05, 3.63) is 47.3 Å². The Bertz CT molecular complexity index is 852. The van der Waals surface area contributed by atoms with Gasteiger partial charge >= 0.3 is 17.8 Å². The molecule has 0 unspecified atom stereocenters. The molecule has 154 valence electrons. The molecule has 29 heavy (non-hydrogen) atoms. The van der Waals surface area contributed by atoms with E-state index < -0.39 is 30.3 Å². The average molecular weight is 401 g/mol. The van der Waals surface area contributed by atoms with Crippen LogP contribution in [-0.2, 0) is 20.8 Å². The Labute approximate surface area is 168 Å². The highest BCUT2D eigenvalue weighted by Gasteiger charge is 2.44. The van der Waals surface area contributed by atoms with E-state index in [9.17, 15) is 23.6 Å². The van der Waals surface area contributed by atoms with Gasteiger partial charge in [-0.2, -0.15) is 0 Å². The van der Waals surface area contributed by atoms with Gasteiger partial charge in [-0.25, -0.2) is 14.1 Å². The number of amides is 5. The van der Waals surface area contributed by atoms with Gasteiger partial charge in [-0.15, -0.1) is 0 Å². The highest BCUT2D eigenvalue weighted by molar-refractivity contribution is 6.45. The lowest BCUT2D eigenvalue weighted by Gasteiger charge is -2.17. The molecule has 0 bridgehead atoms. The fraction of sp³-hybridized carbons (Fsp3) is 0.429. The quantitative estimate of drug-likeness (QED) is 0.411. The second kappa shape index (κ2) is 9.45. The Morgan fingerprint density at radius 3 is 2.52 bits per heavy atom. The fourth-order valence-corrected chi connectivity index (χ4v) is 3.51. The summed E-state index contributed by atoms with van der Waals surface area (Å²) in [4.78, 5) is 50.4. The van der Waals surface area contributed by atoms with Gasteiger partial charge in [0.2, 0.25) is 5.91 Å². The van der Waals surface area contributed by atoms with Crippen LogP contribution in [0.15, 0.2) is 35.9 Å². The molecular weight excluding hydrogens is 377 g/mol. The van der Waals surface area contributed by atoms with Crippen LogP contribution in [0.2, 0.25) is 0 Å². The lowest BCUT2D eigenvalue weighted by Crippen LogP contribution is -2.42. The predicted molar refractivity (Wildman–Crippen MR) is 103 cm³/mol. The minimum absolute atomic E-state index is 0.140. The molecule has 5 amide bonds. The van der Waals surface area contributed by atoms with Crippen LogP contribution in [0.3, 0.4) is 0 Å². The first-order valence-electron chi connectivity index (χ1n) is 9.82. The summed E-state index contributed by atoms with van der Waals surface area (Å²) < 4.78 is 13.6. The highest BCUT2D eigenvalue weighted by Crippen LogP contribution is 2.21. The second-order valence-electron chi connectivity index (χ2n) is 7.18. The third-order valence-corrected chi connectivity index (χ3v) is 5.15. The number of hydrogen-bond acceptors (Lipinski definition) is 4. The first-order valence-corrected chi connectivity index (χ1v) is 9.82. The van der Waals surface area contributed by atoms with E-state index in [-0.39, 0.29) is 25.3 Å². The van der Waals surface area contributed by atoms with Crippen molar-refractivity contribution in [1.82, 2.24) is 15.1 Å². The molecule has 8 heteroatoms. The van der Waals surface area contributed by atoms with Crippen LogP contribution in [0.25, 0.3) is 0 Å². The van der Waals surface area contributed by atoms with E-state index >= 15 is 0 Å². The molecular formula is C21H24FN3O4. The van der Waals surface area contributed by atoms with Crippen molar-refractivity contribution in [3.8, 4) is 0 Å². The van der Waals surface area contributed by atoms with E-state index in [1.807, 2.05) is 0 Å². The second-order valence-corrected chi connectivity index (χ2v) is 7.18. The van der Waals surface area contributed by atoms with Crippen LogP contribution in [0.5, 0.6) is 0 Å². The molecule has 7 nitrogen and oxygen atoms in total. The normalized spacial score (nSPS) is 17.0. The van der Waals surface area contributed by atoms with Gasteiger partial charge in [0.05, 0.1) is 0 Å². The van der Waals surface area contributed by atoms with Gasteiger partial charge in [0, 0.05) is 13.1 Å². The number of hydrogen-bond donors (Lipinski definition) is 1. The Morgan fingerprint density at radius 2 is 1.79 bits per heavy atom. The zero-order chi connectivity index (χ0) is 20.8. The van der Waals surface area contributed by atoms with E-state index in [4.69, 9.17) is 0 Å². The topological polar surface area (TPSA) is 86.8 Å². The van der Waals surface area contributed by atoms with Crippen LogP contribution in [0.1, 0.15) is 37.7 Å². The molecule has 1 aromatic rings. The molecule has 3 rings (SSSR count). The van der Waals surface area contributed by atoms with E-state index in [2.05, 4.69) is 11.4 Å². The Kier molecular flexibility index (Phi) is 6.74. The van der Waals surface area contributed by atoms with Crippen molar-refractivity contribution >= 4 is 23.8 Å². The number of halogens is 1. The molecule has 0 radical (unpaired) electrons. The van der Waals surface area contributed by atoms with Gasteiger partial charge in [-0.05, 0) is 50.2 Å². The fourth-order valence-electron chi connectivity index (χ4n) is 3.51. The molecule has 0 saturated carbocycles. The molecule has 1 aromatic carbocycles. The van der Waals surface area contributed by atoms with Crippen molar-refractivity contribution in [2.24, 2.45) is 0 Å². The largest absolute Gasteiger partial charge is 0.354 e. The van der Waals surface area contributed by atoms with Crippen molar-refractivity contribution in [2.75, 3.05) is 19.6 Å². The number of rotatable bonds is 8. The number of benzene rings is 1.